The van der Waals surface area contributed by atoms with E-state index in [1.807, 2.05) is 13.0 Å². The molecular weight excluding hydrogens is 286 g/mol. The summed E-state index contributed by atoms with van der Waals surface area (Å²) < 4.78 is 6.56. The monoisotopic (exact) mass is 301 g/mol. The lowest BCUT2D eigenvalue weighted by Crippen LogP contribution is -2.33. The summed E-state index contributed by atoms with van der Waals surface area (Å²) in [5.74, 6) is -0.752. The lowest BCUT2D eigenvalue weighted by atomic mass is 10.0. The Morgan fingerprint density at radius 3 is 2.86 bits per heavy atom. The number of benzene rings is 1. The van der Waals surface area contributed by atoms with Crippen LogP contribution in [0.1, 0.15) is 32.1 Å². The van der Waals surface area contributed by atoms with E-state index in [0.717, 1.165) is 5.56 Å². The Morgan fingerprint density at radius 1 is 1.45 bits per heavy atom. The fourth-order valence-corrected chi connectivity index (χ4v) is 2.64. The molecule has 1 aliphatic heterocycles. The molecule has 0 unspecified atom stereocenters. The second-order valence-electron chi connectivity index (χ2n) is 5.05. The molecule has 7 nitrogen and oxygen atoms in total. The van der Waals surface area contributed by atoms with Crippen LogP contribution < -0.4 is 10.1 Å². The number of nitrogens with one attached hydrogen (secondary N) is 1. The molecule has 0 atom stereocenters. The summed E-state index contributed by atoms with van der Waals surface area (Å²) >= 11 is 0. The highest BCUT2D eigenvalue weighted by Gasteiger charge is 2.30. The largest absolute Gasteiger partial charge is 0.497 e. The normalized spacial score (nSPS) is 13.5. The van der Waals surface area contributed by atoms with Crippen LogP contribution in [0.15, 0.2) is 18.2 Å². The second kappa shape index (κ2) is 5.18. The zero-order valence-electron chi connectivity index (χ0n) is 12.2. The maximum atomic E-state index is 12.2. The van der Waals surface area contributed by atoms with Gasteiger partial charge in [0.05, 0.1) is 12.8 Å². The van der Waals surface area contributed by atoms with Crippen LogP contribution in [0.2, 0.25) is 0 Å². The molecule has 0 aliphatic carbocycles. The van der Waals surface area contributed by atoms with E-state index in [4.69, 9.17) is 4.74 Å². The molecule has 2 N–H and O–H groups in total. The van der Waals surface area contributed by atoms with Crippen molar-refractivity contribution >= 4 is 11.9 Å². The summed E-state index contributed by atoms with van der Waals surface area (Å²) in [7, 11) is 1.57. The zero-order chi connectivity index (χ0) is 15.9. The first-order chi connectivity index (χ1) is 10.5. The lowest BCUT2D eigenvalue weighted by Gasteiger charge is -2.16. The second-order valence-corrected chi connectivity index (χ2v) is 5.05. The number of methoxy groups -OCH3 is 1. The van der Waals surface area contributed by atoms with Crippen LogP contribution in [-0.4, -0.2) is 40.4 Å². The first kappa shape index (κ1) is 14.1. The van der Waals surface area contributed by atoms with Crippen molar-refractivity contribution in [3.63, 3.8) is 0 Å². The summed E-state index contributed by atoms with van der Waals surface area (Å²) in [5, 5.41) is 16.2. The van der Waals surface area contributed by atoms with Crippen molar-refractivity contribution in [1.29, 1.82) is 0 Å². The number of aromatic carboxylic acids is 1. The number of aryl methyl sites for hydroxylation is 1. The van der Waals surface area contributed by atoms with Crippen molar-refractivity contribution in [2.24, 2.45) is 0 Å². The number of carbonyl (C=O) groups is 2. The standard InChI is InChI=1S/C15H15N3O4/c1-8-7-9(22-2)3-4-11(8)18-13-10(5-6-16-14(13)19)12(17-18)15(20)21/h3-4,7H,5-6H2,1-2H3,(H,16,19)(H,20,21). The summed E-state index contributed by atoms with van der Waals surface area (Å²) in [5.41, 5.74) is 2.19. The minimum atomic E-state index is -1.13. The summed E-state index contributed by atoms with van der Waals surface area (Å²) in [4.78, 5) is 23.5. The number of nitrogens with zero attached hydrogens (tertiary/aromatic N) is 2. The number of carboxylic acid groups (broad SMARTS) is 1. The van der Waals surface area contributed by atoms with Crippen LogP contribution in [0.4, 0.5) is 0 Å². The molecule has 1 aromatic heterocycles. The van der Waals surface area contributed by atoms with Crippen molar-refractivity contribution in [1.82, 2.24) is 15.1 Å². The van der Waals surface area contributed by atoms with E-state index >= 15 is 0 Å². The van der Waals surface area contributed by atoms with Crippen LogP contribution in [0.3, 0.4) is 0 Å². The number of fused-ring (bicyclic) bond motifs is 1. The van der Waals surface area contributed by atoms with Crippen LogP contribution in [0, 0.1) is 6.92 Å². The summed E-state index contributed by atoms with van der Waals surface area (Å²) in [6.07, 6.45) is 0.456. The average molecular weight is 301 g/mol. The lowest BCUT2D eigenvalue weighted by molar-refractivity contribution is 0.0688. The molecule has 0 saturated heterocycles. The van der Waals surface area contributed by atoms with Gasteiger partial charge in [0.25, 0.3) is 5.91 Å². The van der Waals surface area contributed by atoms with Crippen LogP contribution in [-0.2, 0) is 6.42 Å². The van der Waals surface area contributed by atoms with Gasteiger partial charge in [0.15, 0.2) is 5.69 Å². The Balaban J connectivity index is 2.23. The fraction of sp³-hybridized carbons (Fsp3) is 0.267. The van der Waals surface area contributed by atoms with Gasteiger partial charge in [0, 0.05) is 12.1 Å². The van der Waals surface area contributed by atoms with Gasteiger partial charge in [-0.2, -0.15) is 5.10 Å². The maximum absolute atomic E-state index is 12.2. The van der Waals surface area contributed by atoms with Gasteiger partial charge in [-0.05, 0) is 37.1 Å². The molecule has 22 heavy (non-hydrogen) atoms. The molecule has 1 amide bonds. The third-order valence-electron chi connectivity index (χ3n) is 3.69. The van der Waals surface area contributed by atoms with Crippen molar-refractivity contribution in [2.75, 3.05) is 13.7 Å². The summed E-state index contributed by atoms with van der Waals surface area (Å²) in [6, 6.07) is 5.32. The maximum Gasteiger partial charge on any atom is 0.356 e. The first-order valence-corrected chi connectivity index (χ1v) is 6.81. The molecule has 7 heteroatoms. The molecule has 2 heterocycles. The SMILES string of the molecule is COc1ccc(-n2nc(C(=O)O)c3c2C(=O)NCC3)c(C)c1. The van der Waals surface area contributed by atoms with E-state index < -0.39 is 5.97 Å². The van der Waals surface area contributed by atoms with E-state index in [0.29, 0.717) is 30.0 Å². The topological polar surface area (TPSA) is 93.5 Å². The Morgan fingerprint density at radius 2 is 2.23 bits per heavy atom. The average Bonchev–Trinajstić information content (AvgIpc) is 2.88. The van der Waals surface area contributed by atoms with Crippen molar-refractivity contribution in [3.8, 4) is 11.4 Å². The number of amides is 1. The van der Waals surface area contributed by atoms with E-state index in [1.165, 1.54) is 4.68 Å². The number of hydrogen-bond acceptors (Lipinski definition) is 4. The number of aromatic nitrogens is 2. The molecule has 0 bridgehead atoms. The Labute approximate surface area is 126 Å². The highest BCUT2D eigenvalue weighted by Crippen LogP contribution is 2.26. The van der Waals surface area contributed by atoms with Gasteiger partial charge < -0.3 is 15.2 Å². The summed E-state index contributed by atoms with van der Waals surface area (Å²) in [6.45, 7) is 2.27. The van der Waals surface area contributed by atoms with Gasteiger partial charge in [0.2, 0.25) is 0 Å². The number of carboxylic acids is 1. The van der Waals surface area contributed by atoms with Gasteiger partial charge in [-0.1, -0.05) is 0 Å². The van der Waals surface area contributed by atoms with Gasteiger partial charge in [-0.15, -0.1) is 0 Å². The Bertz CT molecular complexity index is 779. The molecule has 0 radical (unpaired) electrons. The molecular formula is C15H15N3O4. The number of rotatable bonds is 3. The molecule has 0 spiro atoms. The van der Waals surface area contributed by atoms with E-state index in [2.05, 4.69) is 10.4 Å². The molecule has 0 saturated carbocycles. The third-order valence-corrected chi connectivity index (χ3v) is 3.69. The highest BCUT2D eigenvalue weighted by atomic mass is 16.5. The predicted octanol–water partition coefficient (Wildman–Crippen LogP) is 1.17. The van der Waals surface area contributed by atoms with E-state index in [-0.39, 0.29) is 17.3 Å². The van der Waals surface area contributed by atoms with Gasteiger partial charge in [-0.25, -0.2) is 9.48 Å². The van der Waals surface area contributed by atoms with E-state index in [9.17, 15) is 14.7 Å². The quantitative estimate of drug-likeness (QED) is 0.887. The van der Waals surface area contributed by atoms with Crippen LogP contribution in [0.5, 0.6) is 5.75 Å². The molecule has 114 valence electrons. The van der Waals surface area contributed by atoms with Crippen molar-refractivity contribution in [3.05, 3.63) is 40.7 Å². The Hall–Kier alpha value is -2.83. The molecule has 1 aromatic carbocycles. The molecule has 1 aliphatic rings. The minimum absolute atomic E-state index is 0.0694. The zero-order valence-corrected chi connectivity index (χ0v) is 12.2. The van der Waals surface area contributed by atoms with Gasteiger partial charge in [-0.3, -0.25) is 4.79 Å². The fourth-order valence-electron chi connectivity index (χ4n) is 2.64. The van der Waals surface area contributed by atoms with Crippen molar-refractivity contribution in [2.45, 2.75) is 13.3 Å². The number of hydrogen-bond donors (Lipinski definition) is 2. The highest BCUT2D eigenvalue weighted by molar-refractivity contribution is 5.99. The third kappa shape index (κ3) is 2.11. The van der Waals surface area contributed by atoms with E-state index in [1.54, 1.807) is 19.2 Å². The van der Waals surface area contributed by atoms with Gasteiger partial charge >= 0.3 is 5.97 Å². The Kier molecular flexibility index (Phi) is 3.32. The van der Waals surface area contributed by atoms with Gasteiger partial charge in [0.1, 0.15) is 11.4 Å². The van der Waals surface area contributed by atoms with Crippen molar-refractivity contribution < 1.29 is 19.4 Å². The molecule has 0 fully saturated rings. The number of carbonyl (C=O) groups excluding carboxylic acids is 1. The molecule has 2 aromatic rings. The minimum Gasteiger partial charge on any atom is -0.497 e. The molecule has 3 rings (SSSR count). The predicted molar refractivity (Wildman–Crippen MR) is 77.8 cm³/mol. The van der Waals surface area contributed by atoms with Crippen LogP contribution in [0.25, 0.3) is 5.69 Å². The first-order valence-electron chi connectivity index (χ1n) is 6.81. The number of ether oxygens (including phenoxy) is 1. The van der Waals surface area contributed by atoms with Crippen LogP contribution >= 0.6 is 0 Å². The smallest absolute Gasteiger partial charge is 0.356 e.